The van der Waals surface area contributed by atoms with Crippen LogP contribution in [0.1, 0.15) is 13.3 Å². The lowest BCUT2D eigenvalue weighted by Crippen LogP contribution is -2.44. The lowest BCUT2D eigenvalue weighted by atomic mass is 10.2. The Bertz CT molecular complexity index is 227. The lowest BCUT2D eigenvalue weighted by Gasteiger charge is -2.19. The van der Waals surface area contributed by atoms with Gasteiger partial charge in [0.1, 0.15) is 0 Å². The van der Waals surface area contributed by atoms with Gasteiger partial charge < -0.3 is 20.1 Å². The Kier molecular flexibility index (Phi) is 7.49. The summed E-state index contributed by atoms with van der Waals surface area (Å²) in [5.74, 6) is -0.422. The largest absolute Gasteiger partial charge is 0.396 e. The Morgan fingerprint density at radius 3 is 2.56 bits per heavy atom. The molecule has 0 aromatic heterocycles. The average Bonchev–Trinajstić information content (AvgIpc) is 2.17. The smallest absolute Gasteiger partial charge is 0.239 e. The molecule has 0 aliphatic rings. The van der Waals surface area contributed by atoms with Crippen LogP contribution in [0.25, 0.3) is 0 Å². The lowest BCUT2D eigenvalue weighted by molar-refractivity contribution is -0.133. The predicted molar refractivity (Wildman–Crippen MR) is 58.8 cm³/mol. The number of ether oxygens (including phenoxy) is 1. The number of methoxy groups -OCH3 is 1. The second-order valence-electron chi connectivity index (χ2n) is 3.61. The summed E-state index contributed by atoms with van der Waals surface area (Å²) in [6.45, 7) is 1.74. The minimum atomic E-state index is -0.256. The molecular formula is C10H20N2O4. The molecule has 0 aromatic rings. The molecule has 0 bridgehead atoms. The molecule has 0 aliphatic carbocycles. The summed E-state index contributed by atoms with van der Waals surface area (Å²) in [4.78, 5) is 23.7. The molecule has 1 unspecified atom stereocenters. The van der Waals surface area contributed by atoms with Crippen molar-refractivity contribution in [1.82, 2.24) is 10.2 Å². The summed E-state index contributed by atoms with van der Waals surface area (Å²) in [7, 11) is 3.08. The number of nitrogens with one attached hydrogen (secondary N) is 1. The first-order chi connectivity index (χ1) is 7.51. The van der Waals surface area contributed by atoms with Gasteiger partial charge >= 0.3 is 0 Å². The molecule has 6 nitrogen and oxygen atoms in total. The predicted octanol–water partition coefficient (Wildman–Crippen LogP) is -1.02. The Morgan fingerprint density at radius 1 is 1.50 bits per heavy atom. The van der Waals surface area contributed by atoms with Gasteiger partial charge in [-0.25, -0.2) is 0 Å². The molecule has 0 heterocycles. The number of hydrogen-bond donors (Lipinski definition) is 2. The van der Waals surface area contributed by atoms with Gasteiger partial charge in [0.25, 0.3) is 0 Å². The first-order valence-corrected chi connectivity index (χ1v) is 5.12. The minimum Gasteiger partial charge on any atom is -0.396 e. The summed E-state index contributed by atoms with van der Waals surface area (Å²) in [5.41, 5.74) is 0. The third-order valence-corrected chi connectivity index (χ3v) is 2.13. The van der Waals surface area contributed by atoms with Crippen molar-refractivity contribution in [2.75, 3.05) is 33.9 Å². The number of aliphatic hydroxyl groups is 1. The first kappa shape index (κ1) is 14.9. The molecule has 16 heavy (non-hydrogen) atoms. The van der Waals surface area contributed by atoms with Crippen LogP contribution in [-0.4, -0.2) is 61.8 Å². The summed E-state index contributed by atoms with van der Waals surface area (Å²) < 4.78 is 4.90. The van der Waals surface area contributed by atoms with Gasteiger partial charge in [-0.15, -0.1) is 0 Å². The van der Waals surface area contributed by atoms with Crippen molar-refractivity contribution < 1.29 is 19.4 Å². The SMILES string of the molecule is COCC(CCO)NC(=O)CN(C)C(C)=O. The molecule has 94 valence electrons. The van der Waals surface area contributed by atoms with E-state index in [4.69, 9.17) is 9.84 Å². The summed E-state index contributed by atoms with van der Waals surface area (Å²) in [5, 5.41) is 11.5. The van der Waals surface area contributed by atoms with Crippen LogP contribution in [0.3, 0.4) is 0 Å². The highest BCUT2D eigenvalue weighted by atomic mass is 16.5. The van der Waals surface area contributed by atoms with E-state index < -0.39 is 0 Å². The van der Waals surface area contributed by atoms with E-state index in [1.165, 1.54) is 18.9 Å². The molecule has 0 aliphatic heterocycles. The highest BCUT2D eigenvalue weighted by molar-refractivity contribution is 5.83. The summed E-state index contributed by atoms with van der Waals surface area (Å²) in [6, 6.07) is -0.220. The van der Waals surface area contributed by atoms with Crippen molar-refractivity contribution >= 4 is 11.8 Å². The Hall–Kier alpha value is -1.14. The van der Waals surface area contributed by atoms with E-state index >= 15 is 0 Å². The van der Waals surface area contributed by atoms with Crippen molar-refractivity contribution in [2.45, 2.75) is 19.4 Å². The average molecular weight is 232 g/mol. The highest BCUT2D eigenvalue weighted by Crippen LogP contribution is 1.93. The van der Waals surface area contributed by atoms with E-state index in [-0.39, 0.29) is 31.0 Å². The minimum absolute atomic E-state index is 0.0149. The van der Waals surface area contributed by atoms with E-state index in [1.807, 2.05) is 0 Å². The van der Waals surface area contributed by atoms with Gasteiger partial charge in [0.15, 0.2) is 0 Å². The molecule has 0 aromatic carbocycles. The van der Waals surface area contributed by atoms with E-state index in [0.29, 0.717) is 13.0 Å². The Morgan fingerprint density at radius 2 is 2.12 bits per heavy atom. The molecule has 0 spiro atoms. The number of aliphatic hydroxyl groups excluding tert-OH is 1. The van der Waals surface area contributed by atoms with Crippen molar-refractivity contribution in [3.8, 4) is 0 Å². The monoisotopic (exact) mass is 232 g/mol. The third kappa shape index (κ3) is 6.36. The summed E-state index contributed by atoms with van der Waals surface area (Å²) in [6.07, 6.45) is 0.434. The van der Waals surface area contributed by atoms with Crippen LogP contribution in [-0.2, 0) is 14.3 Å². The number of amides is 2. The van der Waals surface area contributed by atoms with Gasteiger partial charge in [0.2, 0.25) is 11.8 Å². The van der Waals surface area contributed by atoms with Crippen molar-refractivity contribution in [1.29, 1.82) is 0 Å². The highest BCUT2D eigenvalue weighted by Gasteiger charge is 2.14. The molecule has 0 fully saturated rings. The van der Waals surface area contributed by atoms with Crippen molar-refractivity contribution in [3.63, 3.8) is 0 Å². The fourth-order valence-corrected chi connectivity index (χ4v) is 1.15. The van der Waals surface area contributed by atoms with Crippen LogP contribution in [0.4, 0.5) is 0 Å². The maximum Gasteiger partial charge on any atom is 0.239 e. The fraction of sp³-hybridized carbons (Fsp3) is 0.800. The second-order valence-corrected chi connectivity index (χ2v) is 3.61. The number of likely N-dealkylation sites (N-methyl/N-ethyl adjacent to an activating group) is 1. The van der Waals surface area contributed by atoms with Crippen LogP contribution in [0.2, 0.25) is 0 Å². The maximum atomic E-state index is 11.5. The van der Waals surface area contributed by atoms with Gasteiger partial charge in [0, 0.05) is 27.7 Å². The number of hydrogen-bond acceptors (Lipinski definition) is 4. The molecule has 0 saturated carbocycles. The topological polar surface area (TPSA) is 78.9 Å². The van der Waals surface area contributed by atoms with Crippen LogP contribution < -0.4 is 5.32 Å². The maximum absolute atomic E-state index is 11.5. The number of carbonyl (C=O) groups excluding carboxylic acids is 2. The van der Waals surface area contributed by atoms with Crippen LogP contribution in [0.15, 0.2) is 0 Å². The van der Waals surface area contributed by atoms with E-state index in [9.17, 15) is 9.59 Å². The number of nitrogens with zero attached hydrogens (tertiary/aromatic N) is 1. The molecular weight excluding hydrogens is 212 g/mol. The standard InChI is InChI=1S/C10H20N2O4/c1-8(14)12(2)6-10(15)11-9(4-5-13)7-16-3/h9,13H,4-7H2,1-3H3,(H,11,15). The Labute approximate surface area is 95.6 Å². The number of rotatable bonds is 7. The van der Waals surface area contributed by atoms with E-state index in [0.717, 1.165) is 0 Å². The second kappa shape index (κ2) is 8.06. The molecule has 6 heteroatoms. The quantitative estimate of drug-likeness (QED) is 0.589. The van der Waals surface area contributed by atoms with Crippen LogP contribution in [0.5, 0.6) is 0 Å². The first-order valence-electron chi connectivity index (χ1n) is 5.12. The van der Waals surface area contributed by atoms with E-state index in [2.05, 4.69) is 5.32 Å². The molecule has 1 atom stereocenters. The Balaban J connectivity index is 4.03. The van der Waals surface area contributed by atoms with Gasteiger partial charge in [-0.3, -0.25) is 9.59 Å². The number of carbonyl (C=O) groups is 2. The zero-order valence-corrected chi connectivity index (χ0v) is 10.0. The van der Waals surface area contributed by atoms with Gasteiger partial charge in [-0.1, -0.05) is 0 Å². The normalized spacial score (nSPS) is 12.0. The van der Waals surface area contributed by atoms with Gasteiger partial charge in [0.05, 0.1) is 19.2 Å². The molecule has 2 N–H and O–H groups in total. The van der Waals surface area contributed by atoms with E-state index in [1.54, 1.807) is 7.05 Å². The molecule has 2 amide bonds. The zero-order valence-electron chi connectivity index (χ0n) is 10.0. The van der Waals surface area contributed by atoms with Crippen LogP contribution >= 0.6 is 0 Å². The summed E-state index contributed by atoms with van der Waals surface area (Å²) >= 11 is 0. The van der Waals surface area contributed by atoms with Gasteiger partial charge in [-0.2, -0.15) is 0 Å². The molecule has 0 rings (SSSR count). The third-order valence-electron chi connectivity index (χ3n) is 2.13. The molecule has 0 saturated heterocycles. The van der Waals surface area contributed by atoms with Crippen molar-refractivity contribution in [2.24, 2.45) is 0 Å². The van der Waals surface area contributed by atoms with Crippen molar-refractivity contribution in [3.05, 3.63) is 0 Å². The fourth-order valence-electron chi connectivity index (χ4n) is 1.15. The zero-order chi connectivity index (χ0) is 12.6. The van der Waals surface area contributed by atoms with Crippen LogP contribution in [0, 0.1) is 0 Å². The van der Waals surface area contributed by atoms with Gasteiger partial charge in [-0.05, 0) is 6.42 Å². The molecule has 0 radical (unpaired) electrons.